The number of carbonyl (C=O) groups excluding carboxylic acids is 1. The van der Waals surface area contributed by atoms with Gasteiger partial charge in [-0.3, -0.25) is 4.79 Å². The van der Waals surface area contributed by atoms with Crippen molar-refractivity contribution < 1.29 is 19.0 Å². The second-order valence-corrected chi connectivity index (χ2v) is 6.43. The molecule has 0 aliphatic carbocycles. The number of ether oxygens (including phenoxy) is 3. The number of hydrogen-bond donors (Lipinski definition) is 0. The topological polar surface area (TPSA) is 44.8 Å². The quantitative estimate of drug-likeness (QED) is 0.255. The molecule has 154 valence electrons. The van der Waals surface area contributed by atoms with Crippen LogP contribution in [0.25, 0.3) is 6.08 Å². The predicted molar refractivity (Wildman–Crippen MR) is 118 cm³/mol. The van der Waals surface area contributed by atoms with Gasteiger partial charge in [0.25, 0.3) is 0 Å². The van der Waals surface area contributed by atoms with Crippen LogP contribution in [0.2, 0.25) is 0 Å². The molecule has 0 bridgehead atoms. The second kappa shape index (κ2) is 11.7. The summed E-state index contributed by atoms with van der Waals surface area (Å²) < 4.78 is 17.1. The Morgan fingerprint density at radius 2 is 1.59 bits per heavy atom. The highest BCUT2D eigenvalue weighted by molar-refractivity contribution is 6.06. The minimum Gasteiger partial charge on any atom is -0.493 e. The molecule has 0 aliphatic heterocycles. The number of hydrogen-bond acceptors (Lipinski definition) is 4. The lowest BCUT2D eigenvalue weighted by molar-refractivity contribution is 0.104. The highest BCUT2D eigenvalue weighted by Gasteiger charge is 2.12. The van der Waals surface area contributed by atoms with Gasteiger partial charge in [0.05, 0.1) is 13.2 Å². The fourth-order valence-corrected chi connectivity index (χ4v) is 2.94. The van der Waals surface area contributed by atoms with E-state index in [1.54, 1.807) is 42.5 Å². The molecule has 0 heterocycles. The molecule has 0 radical (unpaired) electrons. The first kappa shape index (κ1) is 22.3. The van der Waals surface area contributed by atoms with Gasteiger partial charge in [-0.1, -0.05) is 32.1 Å². The molecule has 0 unspecified atom stereocenters. The van der Waals surface area contributed by atoms with Crippen molar-refractivity contribution in [3.8, 4) is 17.2 Å². The zero-order valence-electron chi connectivity index (χ0n) is 17.6. The summed E-state index contributed by atoms with van der Waals surface area (Å²) in [6, 6.07) is 11.0. The number of carbonyl (C=O) groups is 1. The Morgan fingerprint density at radius 3 is 2.10 bits per heavy atom. The molecule has 0 spiro atoms. The van der Waals surface area contributed by atoms with Crippen molar-refractivity contribution in [3.63, 3.8) is 0 Å². The zero-order chi connectivity index (χ0) is 21.1. The van der Waals surface area contributed by atoms with Crippen LogP contribution in [0.4, 0.5) is 0 Å². The van der Waals surface area contributed by atoms with E-state index in [4.69, 9.17) is 14.2 Å². The zero-order valence-corrected chi connectivity index (χ0v) is 17.6. The van der Waals surface area contributed by atoms with Crippen LogP contribution in [0.3, 0.4) is 0 Å². The molecule has 2 rings (SSSR count). The Bertz CT molecular complexity index is 807. The highest BCUT2D eigenvalue weighted by Crippen LogP contribution is 2.33. The first-order valence-corrected chi connectivity index (χ1v) is 10.1. The Morgan fingerprint density at radius 1 is 0.966 bits per heavy atom. The van der Waals surface area contributed by atoms with Crippen molar-refractivity contribution in [2.24, 2.45) is 0 Å². The van der Waals surface area contributed by atoms with E-state index in [1.807, 2.05) is 26.0 Å². The molecule has 0 amide bonds. The van der Waals surface area contributed by atoms with Gasteiger partial charge in [0, 0.05) is 11.1 Å². The average molecular weight is 395 g/mol. The second-order valence-electron chi connectivity index (χ2n) is 6.43. The van der Waals surface area contributed by atoms with Gasteiger partial charge in [-0.2, -0.15) is 0 Å². The number of allylic oxidation sites excluding steroid dienone is 1. The summed E-state index contributed by atoms with van der Waals surface area (Å²) in [6.07, 6.45) is 6.93. The van der Waals surface area contributed by atoms with Crippen molar-refractivity contribution in [1.82, 2.24) is 0 Å². The Hall–Kier alpha value is -3.01. The summed E-state index contributed by atoms with van der Waals surface area (Å²) in [5.41, 5.74) is 2.55. The van der Waals surface area contributed by atoms with Gasteiger partial charge >= 0.3 is 0 Å². The van der Waals surface area contributed by atoms with Gasteiger partial charge < -0.3 is 14.2 Å². The summed E-state index contributed by atoms with van der Waals surface area (Å²) in [7, 11) is 0. The molecule has 0 saturated heterocycles. The van der Waals surface area contributed by atoms with Crippen LogP contribution < -0.4 is 14.2 Å². The summed E-state index contributed by atoms with van der Waals surface area (Å²) in [6.45, 7) is 11.3. The van der Waals surface area contributed by atoms with E-state index in [1.165, 1.54) is 0 Å². The standard InChI is InChI=1S/C25H30O4/c1-5-9-22-24(27-7-3)17-19(18-25(22)28-8-4)10-15-23(26)20-11-13-21(14-12-20)29-16-6-2/h6,10-15,17-18H,2,5,7-9,16H2,1,3-4H3. The van der Waals surface area contributed by atoms with E-state index in [0.29, 0.717) is 31.1 Å². The lowest BCUT2D eigenvalue weighted by Crippen LogP contribution is -2.02. The average Bonchev–Trinajstić information content (AvgIpc) is 2.73. The third kappa shape index (κ3) is 6.53. The largest absolute Gasteiger partial charge is 0.493 e. The molecule has 2 aromatic rings. The van der Waals surface area contributed by atoms with Gasteiger partial charge in [-0.25, -0.2) is 0 Å². The summed E-state index contributed by atoms with van der Waals surface area (Å²) >= 11 is 0. The van der Waals surface area contributed by atoms with Gasteiger partial charge in [-0.05, 0) is 68.3 Å². The first-order valence-electron chi connectivity index (χ1n) is 10.1. The fourth-order valence-electron chi connectivity index (χ4n) is 2.94. The van der Waals surface area contributed by atoms with E-state index in [-0.39, 0.29) is 5.78 Å². The van der Waals surface area contributed by atoms with Crippen LogP contribution in [-0.4, -0.2) is 25.6 Å². The van der Waals surface area contributed by atoms with E-state index in [2.05, 4.69) is 13.5 Å². The van der Waals surface area contributed by atoms with Gasteiger partial charge in [0.1, 0.15) is 23.9 Å². The molecule has 0 aliphatic rings. The third-order valence-electron chi connectivity index (χ3n) is 4.22. The Labute approximate surface area is 173 Å². The molecule has 0 saturated carbocycles. The Kier molecular flexibility index (Phi) is 9.03. The predicted octanol–water partition coefficient (Wildman–Crippen LogP) is 5.90. The normalized spacial score (nSPS) is 10.7. The fraction of sp³-hybridized carbons (Fsp3) is 0.320. The van der Waals surface area contributed by atoms with E-state index < -0.39 is 0 Å². The molecule has 0 atom stereocenters. The van der Waals surface area contributed by atoms with Crippen LogP contribution in [0.15, 0.2) is 55.1 Å². The Balaban J connectivity index is 2.23. The number of benzene rings is 2. The maximum Gasteiger partial charge on any atom is 0.185 e. The maximum atomic E-state index is 12.5. The molecule has 2 aromatic carbocycles. The van der Waals surface area contributed by atoms with Crippen LogP contribution in [0.5, 0.6) is 17.2 Å². The van der Waals surface area contributed by atoms with Crippen molar-refractivity contribution >= 4 is 11.9 Å². The van der Waals surface area contributed by atoms with Crippen LogP contribution >= 0.6 is 0 Å². The van der Waals surface area contributed by atoms with Gasteiger partial charge in [0.2, 0.25) is 0 Å². The summed E-state index contributed by atoms with van der Waals surface area (Å²) in [5.74, 6) is 2.26. The molecule has 29 heavy (non-hydrogen) atoms. The summed E-state index contributed by atoms with van der Waals surface area (Å²) in [4.78, 5) is 12.5. The van der Waals surface area contributed by atoms with Crippen molar-refractivity contribution in [1.29, 1.82) is 0 Å². The molecule has 0 fully saturated rings. The highest BCUT2D eigenvalue weighted by atomic mass is 16.5. The van der Waals surface area contributed by atoms with Crippen molar-refractivity contribution in [2.45, 2.75) is 33.6 Å². The van der Waals surface area contributed by atoms with Crippen molar-refractivity contribution in [3.05, 3.63) is 71.8 Å². The van der Waals surface area contributed by atoms with Crippen LogP contribution in [0.1, 0.15) is 48.7 Å². The summed E-state index contributed by atoms with van der Waals surface area (Å²) in [5, 5.41) is 0. The lowest BCUT2D eigenvalue weighted by atomic mass is 10.0. The number of ketones is 1. The number of rotatable bonds is 12. The first-order chi connectivity index (χ1) is 14.1. The van der Waals surface area contributed by atoms with Gasteiger partial charge in [0.15, 0.2) is 5.78 Å². The van der Waals surface area contributed by atoms with E-state index in [0.717, 1.165) is 35.5 Å². The van der Waals surface area contributed by atoms with E-state index in [9.17, 15) is 4.79 Å². The van der Waals surface area contributed by atoms with E-state index >= 15 is 0 Å². The smallest absolute Gasteiger partial charge is 0.185 e. The maximum absolute atomic E-state index is 12.5. The minimum atomic E-state index is -0.0752. The minimum absolute atomic E-state index is 0.0752. The van der Waals surface area contributed by atoms with Crippen LogP contribution in [-0.2, 0) is 6.42 Å². The molecule has 4 heteroatoms. The molecule has 4 nitrogen and oxygen atoms in total. The van der Waals surface area contributed by atoms with Crippen LogP contribution in [0, 0.1) is 0 Å². The molecule has 0 aromatic heterocycles. The molecule has 0 N–H and O–H groups in total. The molecular formula is C25H30O4. The SMILES string of the molecule is C=CCOc1ccc(C(=O)C=Cc2cc(OCC)c(CCC)c(OCC)c2)cc1. The monoisotopic (exact) mass is 394 g/mol. The van der Waals surface area contributed by atoms with Gasteiger partial charge in [-0.15, -0.1) is 0 Å². The molecular weight excluding hydrogens is 364 g/mol. The van der Waals surface area contributed by atoms with Crippen molar-refractivity contribution in [2.75, 3.05) is 19.8 Å². The lowest BCUT2D eigenvalue weighted by Gasteiger charge is -2.16. The third-order valence-corrected chi connectivity index (χ3v) is 4.22.